The summed E-state index contributed by atoms with van der Waals surface area (Å²) < 4.78 is 0. The molecule has 0 aliphatic carbocycles. The van der Waals surface area contributed by atoms with Crippen LogP contribution in [0.25, 0.3) is 0 Å². The van der Waals surface area contributed by atoms with Gasteiger partial charge >= 0.3 is 39.2 Å². The molecule has 0 aromatic carbocycles. The molecule has 0 aromatic heterocycles. The fourth-order valence-electron chi connectivity index (χ4n) is 0. The van der Waals surface area contributed by atoms with Gasteiger partial charge in [0, 0.05) is 0 Å². The Morgan fingerprint density at radius 1 is 1.50 bits per heavy atom. The molecule has 0 saturated heterocycles. The van der Waals surface area contributed by atoms with E-state index in [0.717, 1.165) is 0 Å². The van der Waals surface area contributed by atoms with E-state index >= 15 is 0 Å². The van der Waals surface area contributed by atoms with Crippen molar-refractivity contribution >= 4 is 39.2 Å². The summed E-state index contributed by atoms with van der Waals surface area (Å²) in [6, 6.07) is 0. The zero-order valence-electron chi connectivity index (χ0n) is 2.46. The maximum absolute atomic E-state index is 4.50. The summed E-state index contributed by atoms with van der Waals surface area (Å²) in [5, 5.41) is 0. The molecule has 0 atom stereocenters. The van der Waals surface area contributed by atoms with Gasteiger partial charge < -0.3 is 5.73 Å². The second-order valence-corrected chi connectivity index (χ2v) is 0. The van der Waals surface area contributed by atoms with Crippen LogP contribution < -0.4 is 5.73 Å². The van der Waals surface area contributed by atoms with Gasteiger partial charge in [0.1, 0.15) is 0 Å². The van der Waals surface area contributed by atoms with Gasteiger partial charge in [-0.05, 0) is 7.05 Å². The van der Waals surface area contributed by atoms with Crippen molar-refractivity contribution in [2.24, 2.45) is 5.73 Å². The van der Waals surface area contributed by atoms with Crippen LogP contribution in [0, 0.1) is 0 Å². The molecular weight excluding hydrogens is 360 g/mol. The van der Waals surface area contributed by atoms with Crippen molar-refractivity contribution in [3.8, 4) is 0 Å². The molecular formula is CH5INPb. The molecule has 0 heterocycles. The van der Waals surface area contributed by atoms with Crippen molar-refractivity contribution in [3.63, 3.8) is 0 Å². The first-order valence-electron chi connectivity index (χ1n) is 0.766. The van der Waals surface area contributed by atoms with E-state index in [9.17, 15) is 0 Å². The van der Waals surface area contributed by atoms with Gasteiger partial charge in [0.2, 0.25) is 0 Å². The van der Waals surface area contributed by atoms with Gasteiger partial charge in [-0.2, -0.15) is 0 Å². The molecule has 1 nitrogen and oxygen atoms in total. The SMILES string of the molecule is CN.[I][Pb]. The molecule has 3 heteroatoms. The summed E-state index contributed by atoms with van der Waals surface area (Å²) in [6.07, 6.45) is 0. The molecule has 0 rings (SSSR count). The summed E-state index contributed by atoms with van der Waals surface area (Å²) in [4.78, 5) is 0. The first kappa shape index (κ1) is 9.15. The van der Waals surface area contributed by atoms with Crippen molar-refractivity contribution in [3.05, 3.63) is 0 Å². The summed E-state index contributed by atoms with van der Waals surface area (Å²) in [5.74, 6) is 0. The van der Waals surface area contributed by atoms with E-state index in [-0.39, 0.29) is 0 Å². The van der Waals surface area contributed by atoms with Crippen molar-refractivity contribution < 1.29 is 0 Å². The van der Waals surface area contributed by atoms with Crippen LogP contribution in [0.1, 0.15) is 0 Å². The predicted molar refractivity (Wildman–Crippen MR) is 29.9 cm³/mol. The van der Waals surface area contributed by atoms with Crippen LogP contribution in [-0.4, -0.2) is 28.5 Å². The van der Waals surface area contributed by atoms with Gasteiger partial charge in [-0.25, -0.2) is 0 Å². The molecule has 0 spiro atoms. The van der Waals surface area contributed by atoms with Crippen molar-refractivity contribution in [2.75, 3.05) is 7.05 Å². The van der Waals surface area contributed by atoms with E-state index < -0.39 is 0 Å². The van der Waals surface area contributed by atoms with Crippen LogP contribution in [-0.2, 0) is 0 Å². The van der Waals surface area contributed by atoms with E-state index in [2.05, 4.69) is 23.5 Å². The summed E-state index contributed by atoms with van der Waals surface area (Å²) in [7, 11) is 1.50. The van der Waals surface area contributed by atoms with Crippen LogP contribution in [0.2, 0.25) is 0 Å². The molecule has 0 saturated carbocycles. The van der Waals surface area contributed by atoms with Crippen molar-refractivity contribution in [1.29, 1.82) is 0 Å². The van der Waals surface area contributed by atoms with Gasteiger partial charge in [-0.3, -0.25) is 0 Å². The molecule has 4 heavy (non-hydrogen) atoms. The number of hydrogen-bond donors (Lipinski definition) is 1. The normalized spacial score (nSPS) is 3.00. The molecule has 3 radical (unpaired) electrons. The third-order valence-electron chi connectivity index (χ3n) is 0. The van der Waals surface area contributed by atoms with Crippen LogP contribution in [0.3, 0.4) is 0 Å². The molecule has 0 aliphatic heterocycles. The van der Waals surface area contributed by atoms with Gasteiger partial charge in [0.25, 0.3) is 0 Å². The zero-order chi connectivity index (χ0) is 4.00. The monoisotopic (exact) mass is 366 g/mol. The third kappa shape index (κ3) is 9.48. The first-order chi connectivity index (χ1) is 2.00. The Balaban J connectivity index is 0. The van der Waals surface area contributed by atoms with E-state index in [1.807, 2.05) is 0 Å². The molecule has 0 amide bonds. The van der Waals surface area contributed by atoms with E-state index in [1.54, 1.807) is 0 Å². The van der Waals surface area contributed by atoms with E-state index in [0.29, 0.717) is 0 Å². The summed E-state index contributed by atoms with van der Waals surface area (Å²) in [6.45, 7) is 0. The fourth-order valence-corrected chi connectivity index (χ4v) is 0. The molecule has 0 aromatic rings. The van der Waals surface area contributed by atoms with Crippen molar-refractivity contribution in [2.45, 2.75) is 0 Å². The summed E-state index contributed by atoms with van der Waals surface area (Å²) >= 11 is 3.56. The second kappa shape index (κ2) is 23.2. The van der Waals surface area contributed by atoms with E-state index in [1.165, 1.54) is 28.5 Å². The summed E-state index contributed by atoms with van der Waals surface area (Å²) in [5.41, 5.74) is 4.50. The standard InChI is InChI=1S/CH5N.HI.Pb/c1-2;;/h2H2,1H3;1H;/q;;+1/p-1. The van der Waals surface area contributed by atoms with Crippen LogP contribution >= 0.6 is 17.8 Å². The minimum absolute atomic E-state index is 1.28. The quantitative estimate of drug-likeness (QED) is 0.478. The Morgan fingerprint density at radius 3 is 1.50 bits per heavy atom. The Morgan fingerprint density at radius 2 is 1.50 bits per heavy atom. The average Bonchev–Trinajstić information content (AvgIpc) is 1.50. The first-order valence-corrected chi connectivity index (χ1v) is 11.7. The van der Waals surface area contributed by atoms with Gasteiger partial charge in [0.15, 0.2) is 0 Å². The number of hydrogen-bond acceptors (Lipinski definition) is 1. The predicted octanol–water partition coefficient (Wildman–Crippen LogP) is 0.0798. The molecule has 0 bridgehead atoms. The maximum atomic E-state index is 4.50. The fraction of sp³-hybridized carbons (Fsp3) is 1.00. The zero-order valence-corrected chi connectivity index (χ0v) is 8.50. The minimum atomic E-state index is 1.28. The molecule has 25 valence electrons. The van der Waals surface area contributed by atoms with Crippen LogP contribution in [0.4, 0.5) is 0 Å². The molecule has 0 fully saturated rings. The Labute approximate surface area is 51.5 Å². The topological polar surface area (TPSA) is 26.0 Å². The van der Waals surface area contributed by atoms with Crippen molar-refractivity contribution in [1.82, 2.24) is 0 Å². The Hall–Kier alpha value is 1.61. The number of rotatable bonds is 0. The molecule has 2 N–H and O–H groups in total. The number of nitrogens with two attached hydrogens (primary N) is 1. The van der Waals surface area contributed by atoms with Gasteiger partial charge in [-0.1, -0.05) is 0 Å². The van der Waals surface area contributed by atoms with Gasteiger partial charge in [-0.15, -0.1) is 0 Å². The van der Waals surface area contributed by atoms with Crippen LogP contribution in [0.15, 0.2) is 0 Å². The molecule has 0 unspecified atom stereocenters. The average molecular weight is 365 g/mol. The Kier molecular flexibility index (Phi) is 53.0. The Bertz CT molecular complexity index is 8.00. The molecule has 0 aliphatic rings. The van der Waals surface area contributed by atoms with Crippen LogP contribution in [0.5, 0.6) is 0 Å². The van der Waals surface area contributed by atoms with E-state index in [4.69, 9.17) is 0 Å². The number of halogens is 1. The second-order valence-electron chi connectivity index (χ2n) is 0. The van der Waals surface area contributed by atoms with Gasteiger partial charge in [0.05, 0.1) is 0 Å². The third-order valence-corrected chi connectivity index (χ3v) is 0.